The van der Waals surface area contributed by atoms with Crippen molar-refractivity contribution in [3.63, 3.8) is 0 Å². The highest BCUT2D eigenvalue weighted by Gasteiger charge is 2.14. The maximum atomic E-state index is 12.0. The van der Waals surface area contributed by atoms with Crippen molar-refractivity contribution in [3.8, 4) is 0 Å². The van der Waals surface area contributed by atoms with Crippen molar-refractivity contribution in [1.29, 1.82) is 0 Å². The number of carbonyl (C=O) groups excluding carboxylic acids is 1. The van der Waals surface area contributed by atoms with E-state index in [-0.39, 0.29) is 5.91 Å². The van der Waals surface area contributed by atoms with Gasteiger partial charge in [0.2, 0.25) is 5.91 Å². The van der Waals surface area contributed by atoms with Crippen molar-refractivity contribution in [2.75, 3.05) is 6.54 Å². The number of carbonyl (C=O) groups is 1. The summed E-state index contributed by atoms with van der Waals surface area (Å²) in [4.78, 5) is 12.0. The zero-order valence-corrected chi connectivity index (χ0v) is 12.6. The normalized spacial score (nSPS) is 12.0. The van der Waals surface area contributed by atoms with Crippen LogP contribution in [0, 0.1) is 13.8 Å². The third-order valence-electron chi connectivity index (χ3n) is 3.51. The summed E-state index contributed by atoms with van der Waals surface area (Å²) < 4.78 is 0. The van der Waals surface area contributed by atoms with Crippen LogP contribution in [0.3, 0.4) is 0 Å². The van der Waals surface area contributed by atoms with E-state index in [2.05, 4.69) is 30.4 Å². The summed E-state index contributed by atoms with van der Waals surface area (Å²) in [6.45, 7) is 4.68. The Labute approximate surface area is 126 Å². The van der Waals surface area contributed by atoms with Gasteiger partial charge in [-0.1, -0.05) is 59.7 Å². The summed E-state index contributed by atoms with van der Waals surface area (Å²) in [6.07, 6.45) is 0.814. The van der Waals surface area contributed by atoms with E-state index >= 15 is 0 Å². The molecule has 0 heterocycles. The number of hydrogen-bond acceptors (Lipinski definition) is 2. The molecule has 3 heteroatoms. The molecule has 1 amide bonds. The number of hydrogen-bond donors (Lipinski definition) is 2. The highest BCUT2D eigenvalue weighted by molar-refractivity contribution is 5.82. The third kappa shape index (κ3) is 4.43. The number of nitrogens with one attached hydrogen (secondary N) is 1. The molecule has 0 radical (unpaired) electrons. The molecule has 0 saturated heterocycles. The van der Waals surface area contributed by atoms with E-state index in [1.807, 2.05) is 37.3 Å². The molecule has 0 aliphatic heterocycles. The predicted molar refractivity (Wildman–Crippen MR) is 86.0 cm³/mol. The van der Waals surface area contributed by atoms with Gasteiger partial charge in [0.1, 0.15) is 6.04 Å². The first kappa shape index (κ1) is 15.3. The van der Waals surface area contributed by atoms with Crippen LogP contribution in [-0.4, -0.2) is 12.5 Å². The van der Waals surface area contributed by atoms with Gasteiger partial charge < -0.3 is 11.1 Å². The van der Waals surface area contributed by atoms with Crippen LogP contribution < -0.4 is 11.1 Å². The van der Waals surface area contributed by atoms with Gasteiger partial charge in [-0.15, -0.1) is 0 Å². The number of nitrogens with two attached hydrogens (primary N) is 1. The summed E-state index contributed by atoms with van der Waals surface area (Å²) in [6, 6.07) is 15.4. The van der Waals surface area contributed by atoms with Crippen molar-refractivity contribution in [1.82, 2.24) is 5.32 Å². The molecule has 1 atom stereocenters. The SMILES string of the molecule is Cc1ccc(C(N)C(=O)NCCc2cccc(C)c2)cc1. The van der Waals surface area contributed by atoms with Crippen LogP contribution in [-0.2, 0) is 11.2 Å². The average Bonchev–Trinajstić information content (AvgIpc) is 2.47. The molecule has 110 valence electrons. The minimum Gasteiger partial charge on any atom is -0.354 e. The smallest absolute Gasteiger partial charge is 0.241 e. The van der Waals surface area contributed by atoms with Crippen LogP contribution >= 0.6 is 0 Å². The van der Waals surface area contributed by atoms with Gasteiger partial charge in [-0.2, -0.15) is 0 Å². The predicted octanol–water partition coefficient (Wildman–Crippen LogP) is 2.66. The standard InChI is InChI=1S/C18H22N2O/c1-13-6-8-16(9-7-13)17(19)18(21)20-11-10-15-5-3-4-14(2)12-15/h3-9,12,17H,10-11,19H2,1-2H3,(H,20,21). The maximum Gasteiger partial charge on any atom is 0.241 e. The van der Waals surface area contributed by atoms with Gasteiger partial charge >= 0.3 is 0 Å². The Bertz CT molecular complexity index is 605. The molecule has 0 fully saturated rings. The summed E-state index contributed by atoms with van der Waals surface area (Å²) >= 11 is 0. The highest BCUT2D eigenvalue weighted by Crippen LogP contribution is 2.11. The topological polar surface area (TPSA) is 55.1 Å². The Morgan fingerprint density at radius 3 is 2.48 bits per heavy atom. The molecule has 1 unspecified atom stereocenters. The molecule has 2 rings (SSSR count). The fourth-order valence-electron chi connectivity index (χ4n) is 2.23. The lowest BCUT2D eigenvalue weighted by Gasteiger charge is -2.13. The summed E-state index contributed by atoms with van der Waals surface area (Å²) in [7, 11) is 0. The van der Waals surface area contributed by atoms with Crippen molar-refractivity contribution >= 4 is 5.91 Å². The molecule has 2 aromatic rings. The second-order valence-corrected chi connectivity index (χ2v) is 5.42. The van der Waals surface area contributed by atoms with E-state index in [1.54, 1.807) is 0 Å². The largest absolute Gasteiger partial charge is 0.354 e. The zero-order valence-electron chi connectivity index (χ0n) is 12.6. The first-order chi connectivity index (χ1) is 10.1. The molecular formula is C18H22N2O. The Balaban J connectivity index is 1.85. The van der Waals surface area contributed by atoms with Crippen molar-refractivity contribution in [2.24, 2.45) is 5.73 Å². The van der Waals surface area contributed by atoms with Gasteiger partial charge in [-0.3, -0.25) is 4.79 Å². The van der Waals surface area contributed by atoms with Crippen LogP contribution in [0.5, 0.6) is 0 Å². The molecule has 2 aromatic carbocycles. The number of rotatable bonds is 5. The fraction of sp³-hybridized carbons (Fsp3) is 0.278. The van der Waals surface area contributed by atoms with Crippen molar-refractivity contribution in [3.05, 3.63) is 70.8 Å². The van der Waals surface area contributed by atoms with Crippen LogP contribution in [0.4, 0.5) is 0 Å². The van der Waals surface area contributed by atoms with Crippen molar-refractivity contribution < 1.29 is 4.79 Å². The minimum atomic E-state index is -0.608. The second kappa shape index (κ2) is 7.04. The second-order valence-electron chi connectivity index (χ2n) is 5.42. The van der Waals surface area contributed by atoms with E-state index in [9.17, 15) is 4.79 Å². The molecular weight excluding hydrogens is 260 g/mol. The molecule has 0 aliphatic carbocycles. The van der Waals surface area contributed by atoms with E-state index in [4.69, 9.17) is 5.73 Å². The summed E-state index contributed by atoms with van der Waals surface area (Å²) in [5, 5.41) is 2.90. The van der Waals surface area contributed by atoms with E-state index < -0.39 is 6.04 Å². The van der Waals surface area contributed by atoms with E-state index in [0.717, 1.165) is 17.5 Å². The lowest BCUT2D eigenvalue weighted by atomic mass is 10.1. The van der Waals surface area contributed by atoms with Crippen LogP contribution in [0.25, 0.3) is 0 Å². The van der Waals surface area contributed by atoms with E-state index in [0.29, 0.717) is 6.54 Å². The highest BCUT2D eigenvalue weighted by atomic mass is 16.2. The molecule has 0 bridgehead atoms. The molecule has 3 N–H and O–H groups in total. The van der Waals surface area contributed by atoms with Gasteiger partial charge in [0.05, 0.1) is 0 Å². The first-order valence-corrected chi connectivity index (χ1v) is 7.21. The summed E-state index contributed by atoms with van der Waals surface area (Å²) in [5.41, 5.74) is 10.4. The molecule has 0 saturated carbocycles. The molecule has 0 aromatic heterocycles. The average molecular weight is 282 g/mol. The lowest BCUT2D eigenvalue weighted by Crippen LogP contribution is -2.35. The fourth-order valence-corrected chi connectivity index (χ4v) is 2.23. The Kier molecular flexibility index (Phi) is 5.12. The third-order valence-corrected chi connectivity index (χ3v) is 3.51. The first-order valence-electron chi connectivity index (χ1n) is 7.21. The molecule has 0 aliphatic rings. The van der Waals surface area contributed by atoms with Gasteiger partial charge in [0.15, 0.2) is 0 Å². The zero-order chi connectivity index (χ0) is 15.2. The van der Waals surface area contributed by atoms with E-state index in [1.165, 1.54) is 11.1 Å². The van der Waals surface area contributed by atoms with Crippen molar-refractivity contribution in [2.45, 2.75) is 26.3 Å². The Morgan fingerprint density at radius 1 is 1.10 bits per heavy atom. The number of aryl methyl sites for hydroxylation is 2. The molecule has 21 heavy (non-hydrogen) atoms. The van der Waals surface area contributed by atoms with Gasteiger partial charge in [-0.05, 0) is 31.4 Å². The maximum absolute atomic E-state index is 12.0. The van der Waals surface area contributed by atoms with Crippen LogP contribution in [0.15, 0.2) is 48.5 Å². The van der Waals surface area contributed by atoms with Crippen LogP contribution in [0.2, 0.25) is 0 Å². The lowest BCUT2D eigenvalue weighted by molar-refractivity contribution is -0.122. The van der Waals surface area contributed by atoms with Gasteiger partial charge in [0, 0.05) is 6.54 Å². The van der Waals surface area contributed by atoms with Crippen LogP contribution in [0.1, 0.15) is 28.3 Å². The monoisotopic (exact) mass is 282 g/mol. The van der Waals surface area contributed by atoms with Gasteiger partial charge in [-0.25, -0.2) is 0 Å². The Hall–Kier alpha value is -2.13. The van der Waals surface area contributed by atoms with Gasteiger partial charge in [0.25, 0.3) is 0 Å². The number of benzene rings is 2. The minimum absolute atomic E-state index is 0.133. The Morgan fingerprint density at radius 2 is 1.81 bits per heavy atom. The quantitative estimate of drug-likeness (QED) is 0.886. The molecule has 0 spiro atoms. The summed E-state index contributed by atoms with van der Waals surface area (Å²) in [5.74, 6) is -0.133. The molecule has 3 nitrogen and oxygen atoms in total. The number of amides is 1.